The first-order valence-corrected chi connectivity index (χ1v) is 14.6. The third kappa shape index (κ3) is 5.55. The number of carbonyl (C=O) groups excluding carboxylic acids is 1. The fourth-order valence-electron chi connectivity index (χ4n) is 5.26. The molecule has 0 N–H and O–H groups in total. The number of likely N-dealkylation sites (N-methyl/N-ethyl adjacent to an activating group) is 1. The molecule has 0 saturated heterocycles. The van der Waals surface area contributed by atoms with Gasteiger partial charge in [0.05, 0.1) is 37.1 Å². The number of fused-ring (bicyclic) bond motifs is 1. The number of hydrogen-bond acceptors (Lipinski definition) is 7. The number of thiazole rings is 1. The molecule has 1 aliphatic rings. The van der Waals surface area contributed by atoms with E-state index in [0.717, 1.165) is 22.4 Å². The van der Waals surface area contributed by atoms with Crippen LogP contribution in [0.15, 0.2) is 51.4 Å². The van der Waals surface area contributed by atoms with Crippen LogP contribution in [0.1, 0.15) is 68.8 Å². The van der Waals surface area contributed by atoms with Crippen LogP contribution in [0.4, 0.5) is 0 Å². The van der Waals surface area contributed by atoms with Gasteiger partial charge in [0.25, 0.3) is 11.5 Å². The van der Waals surface area contributed by atoms with Crippen molar-refractivity contribution in [3.05, 3.63) is 83.5 Å². The summed E-state index contributed by atoms with van der Waals surface area (Å²) in [6, 6.07) is 8.78. The average Bonchev–Trinajstić information content (AvgIpc) is 3.26. The molecular weight excluding hydrogens is 538 g/mol. The van der Waals surface area contributed by atoms with Crippen LogP contribution in [0.5, 0.6) is 17.2 Å². The number of benzene rings is 2. The second-order valence-corrected chi connectivity index (χ2v) is 11.3. The molecule has 3 aromatic rings. The van der Waals surface area contributed by atoms with Gasteiger partial charge in [-0.1, -0.05) is 25.2 Å². The van der Waals surface area contributed by atoms with Gasteiger partial charge in [-0.25, -0.2) is 4.99 Å². The maximum absolute atomic E-state index is 14.2. The molecule has 2 heterocycles. The van der Waals surface area contributed by atoms with Gasteiger partial charge in [-0.2, -0.15) is 0 Å². The fourth-order valence-corrected chi connectivity index (χ4v) is 6.30. The Morgan fingerprint density at radius 2 is 1.73 bits per heavy atom. The monoisotopic (exact) mass is 577 g/mol. The van der Waals surface area contributed by atoms with Crippen molar-refractivity contribution < 1.29 is 19.0 Å². The summed E-state index contributed by atoms with van der Waals surface area (Å²) in [6.45, 7) is 13.0. The van der Waals surface area contributed by atoms with E-state index in [1.807, 2.05) is 45.9 Å². The molecule has 2 aromatic carbocycles. The van der Waals surface area contributed by atoms with Gasteiger partial charge in [0, 0.05) is 18.7 Å². The molecule has 41 heavy (non-hydrogen) atoms. The normalized spacial score (nSPS) is 15.1. The van der Waals surface area contributed by atoms with Gasteiger partial charge in [0.1, 0.15) is 23.3 Å². The number of methoxy groups -OCH3 is 3. The molecule has 0 aliphatic carbocycles. The SMILES string of the molecule is CCN(CC)C(=O)C1=C(C)N=c2s/c(=C/c3cc(C(C)C)c(OC)cc3C)c(=O)n2[C@@H]1c1cc(OC)ccc1OC. The van der Waals surface area contributed by atoms with E-state index in [1.165, 1.54) is 11.3 Å². The van der Waals surface area contributed by atoms with Crippen LogP contribution >= 0.6 is 11.3 Å². The zero-order valence-electron chi connectivity index (χ0n) is 25.3. The molecule has 0 unspecified atom stereocenters. The summed E-state index contributed by atoms with van der Waals surface area (Å²) < 4.78 is 19.0. The lowest BCUT2D eigenvalue weighted by atomic mass is 9.93. The third-order valence-electron chi connectivity index (χ3n) is 7.56. The smallest absolute Gasteiger partial charge is 0.271 e. The Kier molecular flexibility index (Phi) is 9.07. The van der Waals surface area contributed by atoms with Crippen LogP contribution in [0, 0.1) is 6.92 Å². The maximum Gasteiger partial charge on any atom is 0.271 e. The number of rotatable bonds is 9. The molecule has 1 amide bonds. The highest BCUT2D eigenvalue weighted by atomic mass is 32.1. The molecule has 1 aliphatic heterocycles. The molecule has 0 fully saturated rings. The Bertz CT molecular complexity index is 1680. The van der Waals surface area contributed by atoms with Crippen molar-refractivity contribution in [1.82, 2.24) is 9.47 Å². The van der Waals surface area contributed by atoms with Crippen molar-refractivity contribution in [1.29, 1.82) is 0 Å². The van der Waals surface area contributed by atoms with E-state index in [1.54, 1.807) is 42.9 Å². The molecule has 1 atom stereocenters. The zero-order valence-corrected chi connectivity index (χ0v) is 26.1. The van der Waals surface area contributed by atoms with Gasteiger partial charge < -0.3 is 19.1 Å². The summed E-state index contributed by atoms with van der Waals surface area (Å²) in [7, 11) is 4.84. The molecule has 218 valence electrons. The highest BCUT2D eigenvalue weighted by Crippen LogP contribution is 2.38. The first-order chi connectivity index (χ1) is 19.6. The summed E-state index contributed by atoms with van der Waals surface area (Å²) in [6.07, 6.45) is 1.91. The highest BCUT2D eigenvalue weighted by molar-refractivity contribution is 7.07. The van der Waals surface area contributed by atoms with Crippen molar-refractivity contribution in [2.24, 2.45) is 4.99 Å². The number of hydrogen-bond donors (Lipinski definition) is 0. The van der Waals surface area contributed by atoms with Crippen molar-refractivity contribution in [3.63, 3.8) is 0 Å². The standard InChI is InChI=1S/C32H39N3O5S/c1-10-34(11-2)31(37)28-20(6)33-32-35(29(28)24-17-22(38-7)12-13-25(24)39-8)30(36)27(41-32)16-21-15-23(18(3)4)26(40-9)14-19(21)5/h12-18,29H,10-11H2,1-9H3/b27-16+/t29-/m1/s1. The molecule has 8 nitrogen and oxygen atoms in total. The Morgan fingerprint density at radius 1 is 1.05 bits per heavy atom. The lowest BCUT2D eigenvalue weighted by molar-refractivity contribution is -0.127. The summed E-state index contributed by atoms with van der Waals surface area (Å²) in [5.41, 5.74) is 4.46. The van der Waals surface area contributed by atoms with Crippen molar-refractivity contribution in [2.75, 3.05) is 34.4 Å². The summed E-state index contributed by atoms with van der Waals surface area (Å²) in [5.74, 6) is 2.07. The van der Waals surface area contributed by atoms with E-state index in [-0.39, 0.29) is 17.4 Å². The first-order valence-electron chi connectivity index (χ1n) is 13.8. The highest BCUT2D eigenvalue weighted by Gasteiger charge is 2.36. The Morgan fingerprint density at radius 3 is 2.32 bits per heavy atom. The van der Waals surface area contributed by atoms with Crippen LogP contribution in [-0.4, -0.2) is 49.8 Å². The maximum atomic E-state index is 14.2. The van der Waals surface area contributed by atoms with Gasteiger partial charge in [-0.3, -0.25) is 14.2 Å². The summed E-state index contributed by atoms with van der Waals surface area (Å²) >= 11 is 1.31. The van der Waals surface area contributed by atoms with Gasteiger partial charge in [0.15, 0.2) is 4.80 Å². The number of allylic oxidation sites excluding steroid dienone is 1. The second kappa shape index (κ2) is 12.3. The summed E-state index contributed by atoms with van der Waals surface area (Å²) in [5, 5.41) is 0. The van der Waals surface area contributed by atoms with Crippen LogP contribution in [0.3, 0.4) is 0 Å². The number of aromatic nitrogens is 1. The number of aryl methyl sites for hydroxylation is 1. The fraction of sp³-hybridized carbons (Fsp3) is 0.406. The lowest BCUT2D eigenvalue weighted by Gasteiger charge is -2.30. The van der Waals surface area contributed by atoms with E-state index in [9.17, 15) is 9.59 Å². The average molecular weight is 578 g/mol. The van der Waals surface area contributed by atoms with Crippen LogP contribution < -0.4 is 29.1 Å². The molecule has 0 saturated carbocycles. The third-order valence-corrected chi connectivity index (χ3v) is 8.54. The van der Waals surface area contributed by atoms with Gasteiger partial charge in [0.2, 0.25) is 0 Å². The molecule has 0 bridgehead atoms. The minimum atomic E-state index is -0.741. The predicted octanol–water partition coefficient (Wildman–Crippen LogP) is 4.56. The molecule has 4 rings (SSSR count). The zero-order chi connectivity index (χ0) is 30.0. The topological polar surface area (TPSA) is 82.4 Å². The van der Waals surface area contributed by atoms with Crippen molar-refractivity contribution >= 4 is 23.3 Å². The largest absolute Gasteiger partial charge is 0.497 e. The van der Waals surface area contributed by atoms with E-state index in [0.29, 0.717) is 50.8 Å². The predicted molar refractivity (Wildman–Crippen MR) is 163 cm³/mol. The van der Waals surface area contributed by atoms with Crippen molar-refractivity contribution in [3.8, 4) is 17.2 Å². The van der Waals surface area contributed by atoms with Crippen LogP contribution in [0.25, 0.3) is 6.08 Å². The molecule has 9 heteroatoms. The Labute approximate surface area is 245 Å². The Hall–Kier alpha value is -3.85. The molecular formula is C32H39N3O5S. The van der Waals surface area contributed by atoms with E-state index in [4.69, 9.17) is 19.2 Å². The minimum absolute atomic E-state index is 0.159. The van der Waals surface area contributed by atoms with Gasteiger partial charge in [-0.15, -0.1) is 0 Å². The number of ether oxygens (including phenoxy) is 3. The van der Waals surface area contributed by atoms with Crippen LogP contribution in [-0.2, 0) is 4.79 Å². The summed E-state index contributed by atoms with van der Waals surface area (Å²) in [4.78, 5) is 35.2. The van der Waals surface area contributed by atoms with Gasteiger partial charge >= 0.3 is 0 Å². The quantitative estimate of drug-likeness (QED) is 0.373. The molecule has 0 radical (unpaired) electrons. The number of amides is 1. The van der Waals surface area contributed by atoms with E-state index >= 15 is 0 Å². The van der Waals surface area contributed by atoms with Gasteiger partial charge in [-0.05, 0) is 86.7 Å². The first kappa shape index (κ1) is 30.1. The molecule has 1 aromatic heterocycles. The van der Waals surface area contributed by atoms with E-state index in [2.05, 4.69) is 19.9 Å². The van der Waals surface area contributed by atoms with E-state index < -0.39 is 6.04 Å². The minimum Gasteiger partial charge on any atom is -0.497 e. The molecule has 0 spiro atoms. The van der Waals surface area contributed by atoms with Crippen LogP contribution in [0.2, 0.25) is 0 Å². The lowest BCUT2D eigenvalue weighted by Crippen LogP contribution is -2.43. The Balaban J connectivity index is 2.03. The number of nitrogens with zero attached hydrogens (tertiary/aromatic N) is 3. The van der Waals surface area contributed by atoms with Crippen molar-refractivity contribution in [2.45, 2.75) is 53.5 Å². The second-order valence-electron chi connectivity index (χ2n) is 10.3. The number of carbonyl (C=O) groups is 1.